The van der Waals surface area contributed by atoms with Gasteiger partial charge >= 0.3 is 165 Å². The van der Waals surface area contributed by atoms with Crippen molar-refractivity contribution < 1.29 is 23.1 Å². The van der Waals surface area contributed by atoms with Crippen LogP contribution in [0, 0.1) is 0 Å². The molecule has 27 heavy (non-hydrogen) atoms. The Kier molecular flexibility index (Phi) is 6.24. The third-order valence-electron chi connectivity index (χ3n) is 3.88. The fourth-order valence-electron chi connectivity index (χ4n) is 2.80. The van der Waals surface area contributed by atoms with E-state index in [1.165, 1.54) is 6.33 Å². The molecule has 3 heterocycles. The van der Waals surface area contributed by atoms with Crippen molar-refractivity contribution in [1.82, 2.24) is 19.5 Å². The standard InChI is InChI=1S/C14H25BClN4O5PSi/c1-9-5-22-26(15,21)23-6-10(25-27(2,3)4)14(24-9)20-8-19-11-12(16)17-7-18-13(11)20/h7-10,14,21,26H,5-6,15H2,1-4H3/t9-,10-,14+/m0/s1. The molecule has 1 saturated heterocycles. The zero-order valence-corrected chi connectivity index (χ0v) is 18.8. The number of rotatable bonds is 3. The summed E-state index contributed by atoms with van der Waals surface area (Å²) in [4.78, 5) is 23.0. The molecule has 0 bridgehead atoms. The molecule has 0 aromatic carbocycles. The van der Waals surface area contributed by atoms with Crippen molar-refractivity contribution in [3.63, 3.8) is 0 Å². The Bertz CT molecular complexity index is 807. The van der Waals surface area contributed by atoms with E-state index in [9.17, 15) is 4.89 Å². The van der Waals surface area contributed by atoms with Crippen LogP contribution in [0.25, 0.3) is 11.2 Å². The summed E-state index contributed by atoms with van der Waals surface area (Å²) >= 11 is 6.14. The summed E-state index contributed by atoms with van der Waals surface area (Å²) in [5.41, 5.74) is 1.03. The molecule has 13 heteroatoms. The number of aromatic nitrogens is 4. The van der Waals surface area contributed by atoms with Crippen LogP contribution in [0.5, 0.6) is 0 Å². The normalized spacial score (nSPS) is 28.3. The second kappa shape index (κ2) is 8.00. The van der Waals surface area contributed by atoms with E-state index in [4.69, 9.17) is 29.8 Å². The molecule has 0 unspecified atom stereocenters. The van der Waals surface area contributed by atoms with Crippen molar-refractivity contribution in [1.29, 1.82) is 0 Å². The van der Waals surface area contributed by atoms with Gasteiger partial charge in [-0.15, -0.1) is 0 Å². The molecule has 1 fully saturated rings. The molecule has 3 atom stereocenters. The van der Waals surface area contributed by atoms with Crippen molar-refractivity contribution in [2.75, 3.05) is 13.2 Å². The molecule has 9 nitrogen and oxygen atoms in total. The fraction of sp³-hybridized carbons (Fsp3) is 0.643. The molecule has 3 rings (SSSR count). The van der Waals surface area contributed by atoms with E-state index in [0.29, 0.717) is 11.2 Å². The van der Waals surface area contributed by atoms with E-state index < -0.39 is 28.5 Å². The molecule has 1 N–H and O–H groups in total. The van der Waals surface area contributed by atoms with E-state index in [0.717, 1.165) is 0 Å². The second-order valence-electron chi connectivity index (χ2n) is 7.61. The first-order chi connectivity index (χ1) is 12.6. The van der Waals surface area contributed by atoms with Crippen LogP contribution in [0.15, 0.2) is 12.7 Å². The molecule has 1 aliphatic heterocycles. The third kappa shape index (κ3) is 5.24. The van der Waals surface area contributed by atoms with Gasteiger partial charge in [-0.1, -0.05) is 0 Å². The van der Waals surface area contributed by atoms with Gasteiger partial charge in [0.25, 0.3) is 0 Å². The van der Waals surface area contributed by atoms with Crippen molar-refractivity contribution in [2.24, 2.45) is 0 Å². The van der Waals surface area contributed by atoms with Crippen molar-refractivity contribution >= 4 is 46.5 Å². The van der Waals surface area contributed by atoms with E-state index in [2.05, 4.69) is 34.6 Å². The van der Waals surface area contributed by atoms with Gasteiger partial charge in [0.05, 0.1) is 0 Å². The Morgan fingerprint density at radius 2 is 2.00 bits per heavy atom. The first kappa shape index (κ1) is 21.1. The van der Waals surface area contributed by atoms with Gasteiger partial charge in [0.2, 0.25) is 0 Å². The van der Waals surface area contributed by atoms with Gasteiger partial charge in [-0.3, -0.25) is 0 Å². The van der Waals surface area contributed by atoms with Gasteiger partial charge in [0.1, 0.15) is 0 Å². The Morgan fingerprint density at radius 3 is 2.70 bits per heavy atom. The number of imidazole rings is 1. The number of halogens is 1. The maximum atomic E-state index is 10.4. The summed E-state index contributed by atoms with van der Waals surface area (Å²) in [6.45, 7) is 8.44. The van der Waals surface area contributed by atoms with Gasteiger partial charge in [0, 0.05) is 0 Å². The van der Waals surface area contributed by atoms with E-state index in [1.807, 2.05) is 6.92 Å². The van der Waals surface area contributed by atoms with Crippen molar-refractivity contribution in [2.45, 2.75) is 45.0 Å². The minimum absolute atomic E-state index is 0.124. The van der Waals surface area contributed by atoms with E-state index in [1.54, 1.807) is 18.5 Å². The Hall–Kier alpha value is -0.648. The number of fused-ring (bicyclic) bond motifs is 1. The number of ether oxygens (including phenoxy) is 1. The number of hydrogen-bond acceptors (Lipinski definition) is 8. The van der Waals surface area contributed by atoms with Gasteiger partial charge in [-0.2, -0.15) is 0 Å². The molecule has 0 radical (unpaired) electrons. The summed E-state index contributed by atoms with van der Waals surface area (Å²) in [6, 6.07) is 0. The van der Waals surface area contributed by atoms with Crippen LogP contribution in [0.1, 0.15) is 13.2 Å². The predicted molar refractivity (Wildman–Crippen MR) is 109 cm³/mol. The average Bonchev–Trinajstić information content (AvgIpc) is 3.00. The molecule has 150 valence electrons. The molecule has 0 saturated carbocycles. The predicted octanol–water partition coefficient (Wildman–Crippen LogP) is 1.69. The molecular formula is C14H25BClN4O5PSi. The van der Waals surface area contributed by atoms with Crippen molar-refractivity contribution in [3.8, 4) is 0 Å². The summed E-state index contributed by atoms with van der Waals surface area (Å²) in [7, 11) is -3.63. The molecule has 0 amide bonds. The van der Waals surface area contributed by atoms with E-state index >= 15 is 0 Å². The topological polar surface area (TPSA) is 101 Å². The summed E-state index contributed by atoms with van der Waals surface area (Å²) in [5, 5.41) is 0.271. The molecule has 1 aliphatic rings. The van der Waals surface area contributed by atoms with Gasteiger partial charge in [-0.05, 0) is 0 Å². The van der Waals surface area contributed by atoms with Gasteiger partial charge < -0.3 is 0 Å². The van der Waals surface area contributed by atoms with Gasteiger partial charge in [-0.25, -0.2) is 0 Å². The first-order valence-corrected chi connectivity index (χ1v) is 14.8. The van der Waals surface area contributed by atoms with Crippen LogP contribution in [-0.4, -0.2) is 65.7 Å². The minimum atomic E-state index is -3.26. The quantitative estimate of drug-likeness (QED) is 0.442. The fourth-order valence-corrected chi connectivity index (χ4v) is 5.17. The number of nitrogens with zero attached hydrogens (tertiary/aromatic N) is 4. The Labute approximate surface area is 165 Å². The van der Waals surface area contributed by atoms with Gasteiger partial charge in [0.15, 0.2) is 0 Å². The SMILES string of the molecule is B[PH]1(O)OC[C@H](O[Si](C)(C)C)[C@H](n2cnc3c(Cl)ncnc32)O[C@@H](C)CO1. The molecule has 0 aliphatic carbocycles. The zero-order chi connectivity index (χ0) is 19.8. The van der Waals surface area contributed by atoms with Crippen molar-refractivity contribution in [3.05, 3.63) is 17.8 Å². The number of hydrogen-bond donors (Lipinski definition) is 1. The zero-order valence-electron chi connectivity index (χ0n) is 16.0. The van der Waals surface area contributed by atoms with Crippen LogP contribution in [0.2, 0.25) is 24.8 Å². The summed E-state index contributed by atoms with van der Waals surface area (Å²) in [6.07, 6.45) is 1.63. The van der Waals surface area contributed by atoms with Crippen LogP contribution >= 0.6 is 19.4 Å². The third-order valence-corrected chi connectivity index (χ3v) is 6.58. The summed E-state index contributed by atoms with van der Waals surface area (Å²) < 4.78 is 25.6. The molecule has 2 aromatic rings. The second-order valence-corrected chi connectivity index (χ2v) is 14.8. The van der Waals surface area contributed by atoms with Crippen LogP contribution in [-0.2, 0) is 18.2 Å². The first-order valence-electron chi connectivity index (χ1n) is 8.72. The average molecular weight is 435 g/mol. The molecular weight excluding hydrogens is 410 g/mol. The van der Waals surface area contributed by atoms with Crippen LogP contribution in [0.3, 0.4) is 0 Å². The van der Waals surface area contributed by atoms with E-state index in [-0.39, 0.29) is 24.5 Å². The summed E-state index contributed by atoms with van der Waals surface area (Å²) in [5.74, 6) is 0. The Morgan fingerprint density at radius 1 is 1.30 bits per heavy atom. The monoisotopic (exact) mass is 434 g/mol. The van der Waals surface area contributed by atoms with Crippen LogP contribution < -0.4 is 0 Å². The van der Waals surface area contributed by atoms with Crippen LogP contribution in [0.4, 0.5) is 0 Å². The Balaban J connectivity index is 2.03. The maximum absolute atomic E-state index is 10.4. The molecule has 0 spiro atoms. The molecule has 2 aromatic heterocycles.